The van der Waals surface area contributed by atoms with Crippen LogP contribution in [-0.2, 0) is 9.53 Å². The van der Waals surface area contributed by atoms with Crippen molar-refractivity contribution in [3.05, 3.63) is 11.2 Å². The van der Waals surface area contributed by atoms with E-state index >= 15 is 0 Å². The third-order valence-corrected chi connectivity index (χ3v) is 4.74. The van der Waals surface area contributed by atoms with E-state index in [1.807, 2.05) is 9.80 Å². The second kappa shape index (κ2) is 6.46. The standard InChI is InChI=1S/C14H19ClN4O4/c1-22-13-16-8-10(15)11(17-13)18-3-5-19(6-4-18)14(12(20)21)2-7-23-9-14/h8H,2-7,9H2,1H3,(H,20,21). The van der Waals surface area contributed by atoms with Gasteiger partial charge >= 0.3 is 12.0 Å². The van der Waals surface area contributed by atoms with Crippen LogP contribution in [0.3, 0.4) is 0 Å². The highest BCUT2D eigenvalue weighted by molar-refractivity contribution is 6.32. The number of nitrogens with zero attached hydrogens (tertiary/aromatic N) is 4. The number of piperazine rings is 1. The number of methoxy groups -OCH3 is 1. The van der Waals surface area contributed by atoms with Crippen LogP contribution in [0, 0.1) is 0 Å². The molecule has 126 valence electrons. The number of anilines is 1. The zero-order valence-electron chi connectivity index (χ0n) is 12.9. The smallest absolute Gasteiger partial charge is 0.326 e. The van der Waals surface area contributed by atoms with Crippen LogP contribution >= 0.6 is 11.6 Å². The van der Waals surface area contributed by atoms with E-state index in [1.54, 1.807) is 0 Å². The summed E-state index contributed by atoms with van der Waals surface area (Å²) in [7, 11) is 1.50. The van der Waals surface area contributed by atoms with Gasteiger partial charge in [0.25, 0.3) is 0 Å². The maximum atomic E-state index is 11.7. The van der Waals surface area contributed by atoms with Gasteiger partial charge in [0.15, 0.2) is 5.82 Å². The Morgan fingerprint density at radius 1 is 1.43 bits per heavy atom. The van der Waals surface area contributed by atoms with Crippen molar-refractivity contribution in [3.63, 3.8) is 0 Å². The molecule has 2 fully saturated rings. The molecule has 3 rings (SSSR count). The van der Waals surface area contributed by atoms with Gasteiger partial charge in [-0.1, -0.05) is 11.6 Å². The Balaban J connectivity index is 1.72. The fraction of sp³-hybridized carbons (Fsp3) is 0.643. The Morgan fingerprint density at radius 3 is 2.74 bits per heavy atom. The molecule has 2 saturated heterocycles. The highest BCUT2D eigenvalue weighted by Crippen LogP contribution is 2.30. The zero-order chi connectivity index (χ0) is 16.4. The fourth-order valence-corrected chi connectivity index (χ4v) is 3.33. The molecular weight excluding hydrogens is 324 g/mol. The van der Waals surface area contributed by atoms with Gasteiger partial charge in [-0.15, -0.1) is 0 Å². The van der Waals surface area contributed by atoms with Crippen molar-refractivity contribution in [2.45, 2.75) is 12.0 Å². The molecule has 0 bridgehead atoms. The minimum absolute atomic E-state index is 0.240. The summed E-state index contributed by atoms with van der Waals surface area (Å²) in [5.74, 6) is -0.199. The van der Waals surface area contributed by atoms with E-state index in [4.69, 9.17) is 21.1 Å². The van der Waals surface area contributed by atoms with Crippen molar-refractivity contribution in [2.75, 3.05) is 51.4 Å². The highest BCUT2D eigenvalue weighted by atomic mass is 35.5. The largest absolute Gasteiger partial charge is 0.480 e. The van der Waals surface area contributed by atoms with E-state index in [1.165, 1.54) is 13.3 Å². The van der Waals surface area contributed by atoms with Crippen LogP contribution in [-0.4, -0.2) is 78.0 Å². The number of hydrogen-bond acceptors (Lipinski definition) is 7. The van der Waals surface area contributed by atoms with Gasteiger partial charge in [0.05, 0.1) is 19.9 Å². The van der Waals surface area contributed by atoms with Crippen LogP contribution in [0.5, 0.6) is 6.01 Å². The summed E-state index contributed by atoms with van der Waals surface area (Å²) in [6.45, 7) is 3.21. The number of halogens is 1. The lowest BCUT2D eigenvalue weighted by Crippen LogP contribution is -2.61. The molecule has 1 N–H and O–H groups in total. The molecule has 3 heterocycles. The van der Waals surface area contributed by atoms with Crippen molar-refractivity contribution < 1.29 is 19.4 Å². The van der Waals surface area contributed by atoms with Crippen molar-refractivity contribution in [1.82, 2.24) is 14.9 Å². The molecule has 1 aromatic heterocycles. The predicted molar refractivity (Wildman–Crippen MR) is 83.2 cm³/mol. The van der Waals surface area contributed by atoms with Crippen LogP contribution < -0.4 is 9.64 Å². The number of carboxylic acid groups (broad SMARTS) is 1. The van der Waals surface area contributed by atoms with Gasteiger partial charge < -0.3 is 19.5 Å². The second-order valence-corrected chi connectivity index (χ2v) is 6.05. The Hall–Kier alpha value is -1.64. The number of aromatic nitrogens is 2. The lowest BCUT2D eigenvalue weighted by atomic mass is 9.95. The summed E-state index contributed by atoms with van der Waals surface area (Å²) in [6, 6.07) is 0.262. The fourth-order valence-electron chi connectivity index (χ4n) is 3.12. The monoisotopic (exact) mass is 342 g/mol. The molecular formula is C14H19ClN4O4. The molecule has 2 aliphatic heterocycles. The zero-order valence-corrected chi connectivity index (χ0v) is 13.6. The average Bonchev–Trinajstić information content (AvgIpc) is 3.07. The van der Waals surface area contributed by atoms with Crippen LogP contribution in [0.25, 0.3) is 0 Å². The Bertz CT molecular complexity index is 586. The summed E-state index contributed by atoms with van der Waals surface area (Å²) in [6.07, 6.45) is 2.03. The van der Waals surface area contributed by atoms with Crippen molar-refractivity contribution >= 4 is 23.4 Å². The number of hydrogen-bond donors (Lipinski definition) is 1. The van der Waals surface area contributed by atoms with Gasteiger partial charge in [-0.3, -0.25) is 9.69 Å². The number of carboxylic acids is 1. The first-order valence-electron chi connectivity index (χ1n) is 7.44. The number of ether oxygens (including phenoxy) is 2. The maximum Gasteiger partial charge on any atom is 0.326 e. The molecule has 1 aromatic rings. The van der Waals surface area contributed by atoms with E-state index in [2.05, 4.69) is 9.97 Å². The summed E-state index contributed by atoms with van der Waals surface area (Å²) in [5, 5.41) is 10.1. The minimum atomic E-state index is -0.904. The average molecular weight is 343 g/mol. The van der Waals surface area contributed by atoms with E-state index < -0.39 is 11.5 Å². The van der Waals surface area contributed by atoms with Crippen LogP contribution in [0.2, 0.25) is 5.02 Å². The SMILES string of the molecule is COc1ncc(Cl)c(N2CCN(C3(C(=O)O)CCOC3)CC2)n1. The summed E-state index contributed by atoms with van der Waals surface area (Å²) in [5.41, 5.74) is -0.904. The molecule has 0 saturated carbocycles. The lowest BCUT2D eigenvalue weighted by Gasteiger charge is -2.43. The first-order valence-corrected chi connectivity index (χ1v) is 7.82. The van der Waals surface area contributed by atoms with E-state index in [0.29, 0.717) is 50.0 Å². The molecule has 1 atom stereocenters. The Kier molecular flexibility index (Phi) is 4.56. The van der Waals surface area contributed by atoms with Gasteiger partial charge in [0.1, 0.15) is 10.6 Å². The summed E-state index contributed by atoms with van der Waals surface area (Å²) in [4.78, 5) is 24.0. The normalized spacial score (nSPS) is 25.6. The molecule has 1 unspecified atom stereocenters. The van der Waals surface area contributed by atoms with E-state index in [-0.39, 0.29) is 12.6 Å². The van der Waals surface area contributed by atoms with Crippen molar-refractivity contribution in [3.8, 4) is 6.01 Å². The third-order valence-electron chi connectivity index (χ3n) is 4.47. The van der Waals surface area contributed by atoms with Gasteiger partial charge in [0.2, 0.25) is 0 Å². The Labute approximate surface area is 139 Å². The van der Waals surface area contributed by atoms with Crippen molar-refractivity contribution in [2.24, 2.45) is 0 Å². The molecule has 9 heteroatoms. The Morgan fingerprint density at radius 2 is 2.17 bits per heavy atom. The van der Waals surface area contributed by atoms with Crippen LogP contribution in [0.15, 0.2) is 6.20 Å². The number of aliphatic carboxylic acids is 1. The second-order valence-electron chi connectivity index (χ2n) is 5.64. The molecule has 23 heavy (non-hydrogen) atoms. The lowest BCUT2D eigenvalue weighted by molar-refractivity contribution is -0.152. The topological polar surface area (TPSA) is 88.0 Å². The predicted octanol–water partition coefficient (Wildman–Crippen LogP) is 0.504. The van der Waals surface area contributed by atoms with Crippen LogP contribution in [0.4, 0.5) is 5.82 Å². The third kappa shape index (κ3) is 2.93. The van der Waals surface area contributed by atoms with Crippen molar-refractivity contribution in [1.29, 1.82) is 0 Å². The summed E-state index contributed by atoms with van der Waals surface area (Å²) < 4.78 is 10.4. The van der Waals surface area contributed by atoms with Gasteiger partial charge in [0, 0.05) is 39.2 Å². The minimum Gasteiger partial charge on any atom is -0.480 e. The van der Waals surface area contributed by atoms with Crippen LogP contribution in [0.1, 0.15) is 6.42 Å². The molecule has 0 aliphatic carbocycles. The molecule has 0 aromatic carbocycles. The summed E-state index contributed by atoms with van der Waals surface area (Å²) >= 11 is 6.18. The molecule has 8 nitrogen and oxygen atoms in total. The molecule has 0 amide bonds. The number of rotatable bonds is 4. The first kappa shape index (κ1) is 16.2. The molecule has 0 radical (unpaired) electrons. The van der Waals surface area contributed by atoms with E-state index in [0.717, 1.165) is 0 Å². The maximum absolute atomic E-state index is 11.7. The first-order chi connectivity index (χ1) is 11.1. The highest BCUT2D eigenvalue weighted by Gasteiger charge is 2.48. The number of carbonyl (C=O) groups is 1. The van der Waals surface area contributed by atoms with Gasteiger partial charge in [-0.2, -0.15) is 4.98 Å². The quantitative estimate of drug-likeness (QED) is 0.846. The molecule has 2 aliphatic rings. The van der Waals surface area contributed by atoms with Gasteiger partial charge in [-0.25, -0.2) is 4.98 Å². The van der Waals surface area contributed by atoms with E-state index in [9.17, 15) is 9.90 Å². The van der Waals surface area contributed by atoms with Gasteiger partial charge in [-0.05, 0) is 0 Å². The molecule has 0 spiro atoms.